The SMILES string of the molecule is O=C(COC(=O)CCNC(=O)c1ccsc1)NC(=O)Nc1ccc2c(c1)OCCO2. The predicted molar refractivity (Wildman–Crippen MR) is 107 cm³/mol. The Kier molecular flexibility index (Phi) is 7.22. The van der Waals surface area contributed by atoms with Crippen LogP contribution < -0.4 is 25.4 Å². The molecule has 158 valence electrons. The number of carbonyl (C=O) groups excluding carboxylic acids is 4. The first-order valence-corrected chi connectivity index (χ1v) is 9.92. The van der Waals surface area contributed by atoms with Gasteiger partial charge in [0, 0.05) is 29.2 Å². The number of rotatable bonds is 7. The summed E-state index contributed by atoms with van der Waals surface area (Å²) < 4.78 is 15.6. The van der Waals surface area contributed by atoms with Crippen LogP contribution in [0.25, 0.3) is 0 Å². The molecule has 11 heteroatoms. The average Bonchev–Trinajstić information content (AvgIpc) is 3.27. The van der Waals surface area contributed by atoms with Crippen molar-refractivity contribution in [1.29, 1.82) is 0 Å². The van der Waals surface area contributed by atoms with Crippen LogP contribution in [0.3, 0.4) is 0 Å². The number of ether oxygens (including phenoxy) is 3. The van der Waals surface area contributed by atoms with Gasteiger partial charge in [-0.3, -0.25) is 19.7 Å². The molecular formula is C19H19N3O7S. The smallest absolute Gasteiger partial charge is 0.325 e. The fourth-order valence-corrected chi connectivity index (χ4v) is 3.07. The van der Waals surface area contributed by atoms with Gasteiger partial charge in [0.25, 0.3) is 11.8 Å². The highest BCUT2D eigenvalue weighted by atomic mass is 32.1. The van der Waals surface area contributed by atoms with E-state index >= 15 is 0 Å². The summed E-state index contributed by atoms with van der Waals surface area (Å²) in [5.74, 6) is -0.701. The minimum atomic E-state index is -0.791. The van der Waals surface area contributed by atoms with E-state index in [0.29, 0.717) is 36.0 Å². The average molecular weight is 433 g/mol. The zero-order valence-electron chi connectivity index (χ0n) is 15.8. The van der Waals surface area contributed by atoms with Crippen LogP contribution >= 0.6 is 11.3 Å². The van der Waals surface area contributed by atoms with Crippen molar-refractivity contribution in [2.45, 2.75) is 6.42 Å². The summed E-state index contributed by atoms with van der Waals surface area (Å²) in [5.41, 5.74) is 0.916. The van der Waals surface area contributed by atoms with Crippen LogP contribution in [0.15, 0.2) is 35.0 Å². The Labute approximate surface area is 175 Å². The van der Waals surface area contributed by atoms with Crippen LogP contribution in [0, 0.1) is 0 Å². The molecule has 2 heterocycles. The van der Waals surface area contributed by atoms with Crippen molar-refractivity contribution in [1.82, 2.24) is 10.6 Å². The van der Waals surface area contributed by atoms with Gasteiger partial charge in [-0.05, 0) is 23.6 Å². The van der Waals surface area contributed by atoms with Gasteiger partial charge < -0.3 is 24.8 Å². The number of esters is 1. The monoisotopic (exact) mass is 433 g/mol. The van der Waals surface area contributed by atoms with E-state index in [1.54, 1.807) is 35.0 Å². The Morgan fingerprint density at radius 3 is 2.63 bits per heavy atom. The first-order valence-electron chi connectivity index (χ1n) is 8.98. The molecule has 0 saturated carbocycles. The molecule has 0 spiro atoms. The zero-order chi connectivity index (χ0) is 21.3. The third-order valence-electron chi connectivity index (χ3n) is 3.82. The summed E-state index contributed by atoms with van der Waals surface area (Å²) in [6.07, 6.45) is -0.105. The molecule has 30 heavy (non-hydrogen) atoms. The van der Waals surface area contributed by atoms with Crippen LogP contribution in [0.4, 0.5) is 10.5 Å². The van der Waals surface area contributed by atoms with Crippen molar-refractivity contribution < 1.29 is 33.4 Å². The molecule has 1 aromatic carbocycles. The fraction of sp³-hybridized carbons (Fsp3) is 0.263. The minimum Gasteiger partial charge on any atom is -0.486 e. The highest BCUT2D eigenvalue weighted by Gasteiger charge is 2.15. The summed E-state index contributed by atoms with van der Waals surface area (Å²) >= 11 is 1.39. The molecule has 0 saturated heterocycles. The number of amides is 4. The Balaban J connectivity index is 1.33. The van der Waals surface area contributed by atoms with E-state index in [4.69, 9.17) is 14.2 Å². The number of carbonyl (C=O) groups is 4. The summed E-state index contributed by atoms with van der Waals surface area (Å²) in [6, 6.07) is 5.70. The maximum Gasteiger partial charge on any atom is 0.325 e. The molecule has 2 aromatic rings. The lowest BCUT2D eigenvalue weighted by atomic mass is 10.2. The van der Waals surface area contributed by atoms with Crippen LogP contribution in [0.5, 0.6) is 11.5 Å². The lowest BCUT2D eigenvalue weighted by Crippen LogP contribution is -2.37. The van der Waals surface area contributed by atoms with Gasteiger partial charge in [-0.25, -0.2) is 4.79 Å². The van der Waals surface area contributed by atoms with Gasteiger partial charge in [-0.1, -0.05) is 0 Å². The number of benzene rings is 1. The maximum absolute atomic E-state index is 11.9. The highest BCUT2D eigenvalue weighted by molar-refractivity contribution is 7.08. The van der Waals surface area contributed by atoms with Crippen molar-refractivity contribution in [3.8, 4) is 11.5 Å². The maximum atomic E-state index is 11.9. The molecule has 0 unspecified atom stereocenters. The Bertz CT molecular complexity index is 930. The molecule has 3 N–H and O–H groups in total. The second kappa shape index (κ2) is 10.3. The number of nitrogens with one attached hydrogen (secondary N) is 3. The summed E-state index contributed by atoms with van der Waals surface area (Å²) in [5, 5.41) is 10.6. The molecule has 0 aliphatic carbocycles. The highest BCUT2D eigenvalue weighted by Crippen LogP contribution is 2.32. The van der Waals surface area contributed by atoms with Crippen LogP contribution in [-0.4, -0.2) is 50.2 Å². The summed E-state index contributed by atoms with van der Waals surface area (Å²) in [4.78, 5) is 47.0. The van der Waals surface area contributed by atoms with Gasteiger partial charge in [-0.15, -0.1) is 0 Å². The van der Waals surface area contributed by atoms with Gasteiger partial charge in [0.1, 0.15) is 13.2 Å². The second-order valence-corrected chi connectivity index (χ2v) is 6.82. The molecule has 0 bridgehead atoms. The van der Waals surface area contributed by atoms with Crippen molar-refractivity contribution in [3.05, 3.63) is 40.6 Å². The molecule has 1 aliphatic rings. The van der Waals surface area contributed by atoms with Crippen molar-refractivity contribution >= 4 is 40.8 Å². The molecule has 3 rings (SSSR count). The third-order valence-corrected chi connectivity index (χ3v) is 4.50. The lowest BCUT2D eigenvalue weighted by Gasteiger charge is -2.19. The van der Waals surface area contributed by atoms with Gasteiger partial charge in [0.2, 0.25) is 0 Å². The van der Waals surface area contributed by atoms with Gasteiger partial charge in [0.05, 0.1) is 6.42 Å². The molecule has 10 nitrogen and oxygen atoms in total. The van der Waals surface area contributed by atoms with Crippen LogP contribution in [0.1, 0.15) is 16.8 Å². The lowest BCUT2D eigenvalue weighted by molar-refractivity contribution is -0.148. The third kappa shape index (κ3) is 6.21. The van der Waals surface area contributed by atoms with E-state index < -0.39 is 24.5 Å². The van der Waals surface area contributed by atoms with Crippen LogP contribution in [0.2, 0.25) is 0 Å². The minimum absolute atomic E-state index is 0.0692. The van der Waals surface area contributed by atoms with E-state index in [1.165, 1.54) is 11.3 Å². The first kappa shape index (κ1) is 21.1. The second-order valence-electron chi connectivity index (χ2n) is 6.04. The molecular weight excluding hydrogens is 414 g/mol. The Hall–Kier alpha value is -3.60. The number of hydrogen-bond donors (Lipinski definition) is 3. The van der Waals surface area contributed by atoms with E-state index in [-0.39, 0.29) is 18.9 Å². The standard InChI is InChI=1S/C19H19N3O7S/c23-16(10-29-17(24)3-5-20-18(25)12-4-8-30-11-12)22-19(26)21-13-1-2-14-15(9-13)28-7-6-27-14/h1-2,4,8-9,11H,3,5-7,10H2,(H,20,25)(H2,21,22,23,26). The number of hydrogen-bond acceptors (Lipinski definition) is 8. The van der Waals surface area contributed by atoms with Gasteiger partial charge >= 0.3 is 12.0 Å². The van der Waals surface area contributed by atoms with E-state index in [1.807, 2.05) is 5.32 Å². The van der Waals surface area contributed by atoms with E-state index in [0.717, 1.165) is 0 Å². The van der Waals surface area contributed by atoms with Crippen LogP contribution in [-0.2, 0) is 14.3 Å². The Morgan fingerprint density at radius 2 is 1.87 bits per heavy atom. The fourth-order valence-electron chi connectivity index (χ4n) is 2.44. The molecule has 1 aliphatic heterocycles. The molecule has 4 amide bonds. The van der Waals surface area contributed by atoms with Gasteiger partial charge in [-0.2, -0.15) is 11.3 Å². The van der Waals surface area contributed by atoms with E-state index in [9.17, 15) is 19.2 Å². The molecule has 0 atom stereocenters. The molecule has 0 radical (unpaired) electrons. The number of urea groups is 1. The molecule has 0 fully saturated rings. The first-order chi connectivity index (χ1) is 14.5. The quantitative estimate of drug-likeness (QED) is 0.564. The number of imide groups is 1. The predicted octanol–water partition coefficient (Wildman–Crippen LogP) is 1.53. The molecule has 1 aromatic heterocycles. The summed E-state index contributed by atoms with van der Waals surface area (Å²) in [6.45, 7) is 0.310. The van der Waals surface area contributed by atoms with Gasteiger partial charge in [0.15, 0.2) is 18.1 Å². The number of anilines is 1. The van der Waals surface area contributed by atoms with Crippen molar-refractivity contribution in [2.24, 2.45) is 0 Å². The van der Waals surface area contributed by atoms with Crippen molar-refractivity contribution in [3.63, 3.8) is 0 Å². The summed E-state index contributed by atoms with van der Waals surface area (Å²) in [7, 11) is 0. The number of fused-ring (bicyclic) bond motifs is 1. The largest absolute Gasteiger partial charge is 0.486 e. The zero-order valence-corrected chi connectivity index (χ0v) is 16.6. The van der Waals surface area contributed by atoms with E-state index in [2.05, 4.69) is 10.6 Å². The Morgan fingerprint density at radius 1 is 1.07 bits per heavy atom. The normalized spacial score (nSPS) is 11.9. The topological polar surface area (TPSA) is 132 Å². The van der Waals surface area contributed by atoms with Crippen molar-refractivity contribution in [2.75, 3.05) is 31.7 Å². The number of thiophene rings is 1.